The van der Waals surface area contributed by atoms with E-state index in [1.165, 1.54) is 43.5 Å². The van der Waals surface area contributed by atoms with Crippen LogP contribution >= 0.6 is 38.9 Å². The first-order valence-electron chi connectivity index (χ1n) is 7.53. The van der Waals surface area contributed by atoms with Gasteiger partial charge in [0, 0.05) is 28.0 Å². The average molecular weight is 378 g/mol. The molecule has 3 rings (SSSR count). The second kappa shape index (κ2) is 6.66. The van der Waals surface area contributed by atoms with Crippen molar-refractivity contribution in [3.8, 4) is 0 Å². The van der Waals surface area contributed by atoms with Gasteiger partial charge in [-0.3, -0.25) is 4.90 Å². The largest absolute Gasteiger partial charge is 0.314 e. The van der Waals surface area contributed by atoms with Crippen LogP contribution in [-0.2, 0) is 0 Å². The first kappa shape index (κ1) is 15.3. The predicted molar refractivity (Wildman–Crippen MR) is 90.8 cm³/mol. The van der Waals surface area contributed by atoms with Crippen LogP contribution < -0.4 is 5.32 Å². The lowest BCUT2D eigenvalue weighted by atomic mass is 9.93. The molecule has 0 bridgehead atoms. The van der Waals surface area contributed by atoms with E-state index in [4.69, 9.17) is 11.6 Å². The smallest absolute Gasteiger partial charge is 0.107 e. The fraction of sp³-hybridized carbons (Fsp3) is 0.733. The van der Waals surface area contributed by atoms with Crippen molar-refractivity contribution in [2.75, 3.05) is 20.1 Å². The summed E-state index contributed by atoms with van der Waals surface area (Å²) in [5.74, 6) is 0.699. The van der Waals surface area contributed by atoms with Crippen LogP contribution in [0.4, 0.5) is 0 Å². The van der Waals surface area contributed by atoms with Crippen molar-refractivity contribution in [3.05, 3.63) is 19.8 Å². The van der Waals surface area contributed by atoms with Crippen LogP contribution in [0.15, 0.2) is 10.5 Å². The normalized spacial score (nSPS) is 28.6. The molecule has 1 aromatic rings. The quantitative estimate of drug-likeness (QED) is 0.819. The van der Waals surface area contributed by atoms with Crippen LogP contribution in [0.2, 0.25) is 4.34 Å². The number of nitrogens with zero attached hydrogens (tertiary/aromatic N) is 1. The van der Waals surface area contributed by atoms with Gasteiger partial charge in [0.05, 0.1) is 0 Å². The molecule has 2 heterocycles. The molecular weight excluding hydrogens is 356 g/mol. The molecule has 1 aliphatic heterocycles. The third-order valence-electron chi connectivity index (χ3n) is 4.46. The van der Waals surface area contributed by atoms with Gasteiger partial charge in [-0.25, -0.2) is 0 Å². The number of likely N-dealkylation sites (tertiary alicyclic amines) is 1. The molecule has 20 heavy (non-hydrogen) atoms. The summed E-state index contributed by atoms with van der Waals surface area (Å²) in [6.45, 7) is 2.34. The van der Waals surface area contributed by atoms with Crippen molar-refractivity contribution in [3.63, 3.8) is 0 Å². The van der Waals surface area contributed by atoms with E-state index < -0.39 is 0 Å². The molecule has 2 aliphatic rings. The summed E-state index contributed by atoms with van der Waals surface area (Å²) in [6, 6.07) is 3.53. The Labute approximate surface area is 139 Å². The molecule has 112 valence electrons. The van der Waals surface area contributed by atoms with E-state index in [1.807, 2.05) is 0 Å². The average Bonchev–Trinajstić information content (AvgIpc) is 3.19. The molecule has 1 N–H and O–H groups in total. The van der Waals surface area contributed by atoms with Crippen LogP contribution in [0.3, 0.4) is 0 Å². The Morgan fingerprint density at radius 1 is 1.40 bits per heavy atom. The molecule has 2 nitrogen and oxygen atoms in total. The second-order valence-electron chi connectivity index (χ2n) is 6.13. The zero-order valence-corrected chi connectivity index (χ0v) is 15.0. The van der Waals surface area contributed by atoms with Gasteiger partial charge in [0.15, 0.2) is 0 Å². The van der Waals surface area contributed by atoms with Crippen LogP contribution in [0, 0.1) is 5.92 Å². The highest BCUT2D eigenvalue weighted by Crippen LogP contribution is 2.42. The Morgan fingerprint density at radius 2 is 2.20 bits per heavy atom. The monoisotopic (exact) mass is 376 g/mol. The third kappa shape index (κ3) is 3.58. The first-order chi connectivity index (χ1) is 9.65. The number of nitrogens with one attached hydrogen (secondary N) is 1. The number of hydrogen-bond acceptors (Lipinski definition) is 3. The summed E-state index contributed by atoms with van der Waals surface area (Å²) >= 11 is 11.6. The second-order valence-corrected chi connectivity index (χ2v) is 8.67. The summed E-state index contributed by atoms with van der Waals surface area (Å²) in [5.41, 5.74) is 0. The zero-order chi connectivity index (χ0) is 14.1. The van der Waals surface area contributed by atoms with Crippen LogP contribution in [-0.4, -0.2) is 31.1 Å². The molecule has 2 unspecified atom stereocenters. The maximum absolute atomic E-state index is 6.26. The van der Waals surface area contributed by atoms with Crippen molar-refractivity contribution in [1.29, 1.82) is 0 Å². The molecule has 1 saturated heterocycles. The van der Waals surface area contributed by atoms with Crippen LogP contribution in [0.25, 0.3) is 0 Å². The summed E-state index contributed by atoms with van der Waals surface area (Å²) in [7, 11) is 2.27. The van der Waals surface area contributed by atoms with Gasteiger partial charge in [-0.05, 0) is 67.2 Å². The van der Waals surface area contributed by atoms with Crippen molar-refractivity contribution < 1.29 is 0 Å². The van der Waals surface area contributed by atoms with Gasteiger partial charge in [-0.15, -0.1) is 11.3 Å². The standard InChI is InChI=1S/C15H22BrClN2S/c1-19-7-3-2-4-10(9-18-11-5-6-11)14(19)13-8-12(16)15(17)20-13/h8,10-11,14,18H,2-7,9H2,1H3. The third-order valence-corrected chi connectivity index (χ3v) is 7.00. The van der Waals surface area contributed by atoms with Gasteiger partial charge in [0.2, 0.25) is 0 Å². The Balaban J connectivity index is 1.79. The van der Waals surface area contributed by atoms with Gasteiger partial charge in [-0.1, -0.05) is 18.0 Å². The zero-order valence-electron chi connectivity index (χ0n) is 11.9. The summed E-state index contributed by atoms with van der Waals surface area (Å²) in [6.07, 6.45) is 6.71. The first-order valence-corrected chi connectivity index (χ1v) is 9.52. The lowest BCUT2D eigenvalue weighted by Gasteiger charge is -2.32. The van der Waals surface area contributed by atoms with Crippen molar-refractivity contribution in [2.24, 2.45) is 5.92 Å². The maximum Gasteiger partial charge on any atom is 0.107 e. The number of halogens is 2. The minimum Gasteiger partial charge on any atom is -0.314 e. The van der Waals surface area contributed by atoms with Crippen molar-refractivity contribution >= 4 is 38.9 Å². The molecule has 2 fully saturated rings. The van der Waals surface area contributed by atoms with E-state index >= 15 is 0 Å². The van der Waals surface area contributed by atoms with E-state index in [2.05, 4.69) is 39.3 Å². The lowest BCUT2D eigenvalue weighted by molar-refractivity contribution is 0.192. The lowest BCUT2D eigenvalue weighted by Crippen LogP contribution is -2.35. The highest BCUT2D eigenvalue weighted by molar-refractivity contribution is 9.10. The van der Waals surface area contributed by atoms with E-state index in [0.717, 1.165) is 21.4 Å². The molecule has 1 aromatic heterocycles. The van der Waals surface area contributed by atoms with Gasteiger partial charge in [0.25, 0.3) is 0 Å². The van der Waals surface area contributed by atoms with Gasteiger partial charge in [0.1, 0.15) is 4.34 Å². The van der Waals surface area contributed by atoms with E-state index in [1.54, 1.807) is 11.3 Å². The van der Waals surface area contributed by atoms with Crippen LogP contribution in [0.1, 0.15) is 43.0 Å². The Morgan fingerprint density at radius 3 is 2.85 bits per heavy atom. The highest BCUT2D eigenvalue weighted by atomic mass is 79.9. The maximum atomic E-state index is 6.26. The minimum absolute atomic E-state index is 0.512. The summed E-state index contributed by atoms with van der Waals surface area (Å²) in [4.78, 5) is 3.94. The highest BCUT2D eigenvalue weighted by Gasteiger charge is 2.32. The topological polar surface area (TPSA) is 15.3 Å². The van der Waals surface area contributed by atoms with Crippen molar-refractivity contribution in [2.45, 2.75) is 44.2 Å². The predicted octanol–water partition coefficient (Wildman–Crippen LogP) is 4.69. The fourth-order valence-electron chi connectivity index (χ4n) is 3.20. The molecule has 0 aromatic carbocycles. The van der Waals surface area contributed by atoms with Gasteiger partial charge < -0.3 is 5.32 Å². The van der Waals surface area contributed by atoms with Crippen molar-refractivity contribution in [1.82, 2.24) is 10.2 Å². The molecule has 2 atom stereocenters. The molecule has 0 spiro atoms. The Kier molecular flexibility index (Phi) is 5.09. The number of thiophene rings is 1. The van der Waals surface area contributed by atoms with E-state index in [0.29, 0.717) is 12.0 Å². The van der Waals surface area contributed by atoms with E-state index in [9.17, 15) is 0 Å². The molecule has 0 amide bonds. The fourth-order valence-corrected chi connectivity index (χ4v) is 5.20. The number of hydrogen-bond donors (Lipinski definition) is 1. The van der Waals surface area contributed by atoms with Gasteiger partial charge in [-0.2, -0.15) is 0 Å². The minimum atomic E-state index is 0.512. The molecule has 5 heteroatoms. The molecule has 1 saturated carbocycles. The Hall–Kier alpha value is 0.390. The molecule has 0 radical (unpaired) electrons. The Bertz CT molecular complexity index is 441. The summed E-state index contributed by atoms with van der Waals surface area (Å²) < 4.78 is 1.93. The van der Waals surface area contributed by atoms with Crippen LogP contribution in [0.5, 0.6) is 0 Å². The van der Waals surface area contributed by atoms with Gasteiger partial charge >= 0.3 is 0 Å². The summed E-state index contributed by atoms with van der Waals surface area (Å²) in [5, 5.41) is 3.73. The number of rotatable bonds is 4. The molecule has 1 aliphatic carbocycles. The SMILES string of the molecule is CN1CCCCC(CNC2CC2)C1c1cc(Br)c(Cl)s1. The van der Waals surface area contributed by atoms with E-state index in [-0.39, 0.29) is 0 Å². The molecular formula is C15H22BrClN2S.